The van der Waals surface area contributed by atoms with Gasteiger partial charge in [0.25, 0.3) is 0 Å². The Morgan fingerprint density at radius 1 is 1.42 bits per heavy atom. The van der Waals surface area contributed by atoms with E-state index in [1.807, 2.05) is 0 Å². The fraction of sp³-hybridized carbons (Fsp3) is 0.357. The summed E-state index contributed by atoms with van der Waals surface area (Å²) in [5.41, 5.74) is 5.98. The van der Waals surface area contributed by atoms with Crippen LogP contribution in [0.25, 0.3) is 0 Å². The monoisotopic (exact) mass is 373 g/mol. The van der Waals surface area contributed by atoms with E-state index in [0.29, 0.717) is 11.5 Å². The maximum absolute atomic E-state index is 11.9. The molecule has 0 bridgehead atoms. The molecule has 1 aliphatic carbocycles. The fourth-order valence-electron chi connectivity index (χ4n) is 2.33. The first kappa shape index (κ1) is 18.2. The molecule has 1 aliphatic rings. The van der Waals surface area contributed by atoms with E-state index in [4.69, 9.17) is 38.4 Å². The van der Waals surface area contributed by atoms with Crippen molar-refractivity contribution in [2.75, 3.05) is 27.0 Å². The van der Waals surface area contributed by atoms with Crippen molar-refractivity contribution in [2.24, 2.45) is 0 Å². The van der Waals surface area contributed by atoms with Gasteiger partial charge in [0.15, 0.2) is 4.87 Å². The molecule has 0 saturated heterocycles. The van der Waals surface area contributed by atoms with Crippen LogP contribution in [0.1, 0.15) is 5.69 Å². The number of ether oxygens (including phenoxy) is 2. The Bertz CT molecular complexity index is 709. The minimum atomic E-state index is -1.43. The maximum atomic E-state index is 11.9. The highest BCUT2D eigenvalue weighted by atomic mass is 35.5. The third kappa shape index (κ3) is 3.07. The molecule has 1 aromatic heterocycles. The summed E-state index contributed by atoms with van der Waals surface area (Å²) in [4.78, 5) is 18.5. The Kier molecular flexibility index (Phi) is 5.40. The number of anilines is 1. The van der Waals surface area contributed by atoms with Gasteiger partial charge in [0.2, 0.25) is 5.95 Å². The number of hydrogen-bond donors (Lipinski definition) is 3. The van der Waals surface area contributed by atoms with Crippen LogP contribution in [0.2, 0.25) is 0 Å². The van der Waals surface area contributed by atoms with Crippen molar-refractivity contribution >= 4 is 35.2 Å². The van der Waals surface area contributed by atoms with E-state index in [1.54, 1.807) is 6.07 Å². The van der Waals surface area contributed by atoms with Gasteiger partial charge in [-0.15, -0.1) is 11.6 Å². The number of carbonyl (C=O) groups excluding carboxylic acids is 1. The summed E-state index contributed by atoms with van der Waals surface area (Å²) in [6.45, 7) is 0. The highest BCUT2D eigenvalue weighted by molar-refractivity contribution is 6.34. The van der Waals surface area contributed by atoms with Gasteiger partial charge in [0, 0.05) is 19.3 Å². The van der Waals surface area contributed by atoms with Crippen LogP contribution in [0, 0.1) is 0 Å². The van der Waals surface area contributed by atoms with Crippen LogP contribution in [-0.2, 0) is 14.3 Å². The molecular formula is C14H17Cl2N5O3. The number of nitrogens with one attached hydrogen (secondary N) is 2. The summed E-state index contributed by atoms with van der Waals surface area (Å²) < 4.78 is 10.6. The van der Waals surface area contributed by atoms with Gasteiger partial charge in [0.1, 0.15) is 17.6 Å². The molecule has 2 rings (SSSR count). The largest absolute Gasteiger partial charge is 0.499 e. The Morgan fingerprint density at radius 3 is 2.67 bits per heavy atom. The molecule has 1 heterocycles. The molecule has 0 fully saturated rings. The van der Waals surface area contributed by atoms with E-state index in [2.05, 4.69) is 20.6 Å². The number of nitrogens with two attached hydrogens (primary N) is 1. The number of alkyl halides is 1. The molecular weight excluding hydrogens is 357 g/mol. The van der Waals surface area contributed by atoms with E-state index in [-0.39, 0.29) is 16.7 Å². The first-order valence-corrected chi connectivity index (χ1v) is 7.60. The summed E-state index contributed by atoms with van der Waals surface area (Å²) in [7, 11) is 4.36. The molecule has 0 spiro atoms. The lowest BCUT2D eigenvalue weighted by Gasteiger charge is -2.38. The zero-order chi connectivity index (χ0) is 17.9. The van der Waals surface area contributed by atoms with Crippen LogP contribution in [0.3, 0.4) is 0 Å². The number of hydrogen-bond acceptors (Lipinski definition) is 6. The Morgan fingerprint density at radius 2 is 2.12 bits per heavy atom. The van der Waals surface area contributed by atoms with E-state index < -0.39 is 16.9 Å². The smallest absolute Gasteiger partial charge is 0.315 e. The average Bonchev–Trinajstić information content (AvgIpc) is 2.58. The molecule has 2 amide bonds. The summed E-state index contributed by atoms with van der Waals surface area (Å²) in [6, 6.07) is 0.166. The lowest BCUT2D eigenvalue weighted by Crippen LogP contribution is -2.53. The van der Waals surface area contributed by atoms with Gasteiger partial charge in [-0.1, -0.05) is 11.6 Å². The zero-order valence-electron chi connectivity index (χ0n) is 13.3. The highest BCUT2D eigenvalue weighted by Crippen LogP contribution is 2.47. The van der Waals surface area contributed by atoms with Crippen molar-refractivity contribution < 1.29 is 14.3 Å². The molecule has 130 valence electrons. The number of nitrogens with zero attached hydrogens (tertiary/aromatic N) is 2. The SMILES string of the molecule is CNC(=O)NC1C(Cl)=C(OC)C=C(OC)C1(Cl)c1ccnc(N)n1. The summed E-state index contributed by atoms with van der Waals surface area (Å²) in [5, 5.41) is 5.32. The number of allylic oxidation sites excluding steroid dienone is 1. The first-order valence-electron chi connectivity index (χ1n) is 6.84. The molecule has 1 aromatic rings. The summed E-state index contributed by atoms with van der Waals surface area (Å²) >= 11 is 13.3. The quantitative estimate of drug-likeness (QED) is 0.688. The number of urea groups is 1. The van der Waals surface area contributed by atoms with Gasteiger partial charge >= 0.3 is 6.03 Å². The van der Waals surface area contributed by atoms with Crippen LogP contribution >= 0.6 is 23.2 Å². The van der Waals surface area contributed by atoms with Gasteiger partial charge in [-0.05, 0) is 6.07 Å². The second kappa shape index (κ2) is 7.14. The molecule has 2 atom stereocenters. The van der Waals surface area contributed by atoms with Crippen LogP contribution in [0.15, 0.2) is 34.9 Å². The third-order valence-electron chi connectivity index (χ3n) is 3.50. The summed E-state index contributed by atoms with van der Waals surface area (Å²) in [6.07, 6.45) is 2.99. The van der Waals surface area contributed by atoms with Gasteiger partial charge < -0.3 is 25.8 Å². The summed E-state index contributed by atoms with van der Waals surface area (Å²) in [5.74, 6) is 0.623. The van der Waals surface area contributed by atoms with E-state index in [9.17, 15) is 4.79 Å². The molecule has 8 nitrogen and oxygen atoms in total. The number of carbonyl (C=O) groups is 1. The van der Waals surface area contributed by atoms with E-state index in [1.165, 1.54) is 33.5 Å². The van der Waals surface area contributed by atoms with E-state index >= 15 is 0 Å². The third-order valence-corrected chi connectivity index (χ3v) is 4.50. The minimum absolute atomic E-state index is 0.0271. The molecule has 24 heavy (non-hydrogen) atoms. The van der Waals surface area contributed by atoms with Gasteiger partial charge in [-0.2, -0.15) is 0 Å². The second-order valence-electron chi connectivity index (χ2n) is 4.80. The van der Waals surface area contributed by atoms with E-state index in [0.717, 1.165) is 0 Å². The lowest BCUT2D eigenvalue weighted by atomic mass is 9.87. The van der Waals surface area contributed by atoms with Crippen molar-refractivity contribution in [1.29, 1.82) is 0 Å². The number of nitrogen functional groups attached to an aromatic ring is 1. The normalized spacial score (nSPS) is 23.4. The molecule has 0 aliphatic heterocycles. The van der Waals surface area contributed by atoms with Crippen molar-refractivity contribution in [3.63, 3.8) is 0 Å². The molecule has 10 heteroatoms. The van der Waals surface area contributed by atoms with Crippen molar-refractivity contribution in [3.05, 3.63) is 40.6 Å². The molecule has 4 N–H and O–H groups in total. The molecule has 0 aromatic carbocycles. The number of amides is 2. The van der Waals surface area contributed by atoms with Gasteiger partial charge in [0.05, 0.1) is 24.9 Å². The average molecular weight is 374 g/mol. The lowest BCUT2D eigenvalue weighted by molar-refractivity contribution is 0.210. The number of rotatable bonds is 4. The van der Waals surface area contributed by atoms with Crippen LogP contribution in [0.4, 0.5) is 10.7 Å². The van der Waals surface area contributed by atoms with Crippen LogP contribution in [0.5, 0.6) is 0 Å². The predicted octanol–water partition coefficient (Wildman–Crippen LogP) is 1.43. The maximum Gasteiger partial charge on any atom is 0.315 e. The number of methoxy groups -OCH3 is 2. The molecule has 2 unspecified atom stereocenters. The van der Waals surface area contributed by atoms with Crippen molar-refractivity contribution in [3.8, 4) is 0 Å². The first-order chi connectivity index (χ1) is 11.4. The van der Waals surface area contributed by atoms with Crippen LogP contribution in [-0.4, -0.2) is 43.3 Å². The second-order valence-corrected chi connectivity index (χ2v) is 5.80. The van der Waals surface area contributed by atoms with Gasteiger partial charge in [-0.25, -0.2) is 14.8 Å². The molecule has 0 saturated carbocycles. The standard InChI is InChI=1S/C14H17Cl2N5O3/c1-18-13(22)21-11-10(15)7(23-2)6-9(24-3)14(11,16)8-4-5-19-12(17)20-8/h4-6,11H,1-3H3,(H2,17,19,20)(H2,18,21,22). The highest BCUT2D eigenvalue weighted by Gasteiger charge is 2.51. The van der Waals surface area contributed by atoms with Crippen molar-refractivity contribution in [2.45, 2.75) is 10.9 Å². The van der Waals surface area contributed by atoms with Gasteiger partial charge in [-0.3, -0.25) is 0 Å². The minimum Gasteiger partial charge on any atom is -0.499 e. The Hall–Kier alpha value is -2.19. The Balaban J connectivity index is 2.65. The fourth-order valence-corrected chi connectivity index (χ4v) is 3.14. The predicted molar refractivity (Wildman–Crippen MR) is 90.3 cm³/mol. The Labute approximate surface area is 149 Å². The topological polar surface area (TPSA) is 111 Å². The van der Waals surface area contributed by atoms with Crippen molar-refractivity contribution in [1.82, 2.24) is 20.6 Å². The molecule has 0 radical (unpaired) electrons. The number of aromatic nitrogens is 2. The van der Waals surface area contributed by atoms with Crippen LogP contribution < -0.4 is 16.4 Å². The number of halogens is 2. The zero-order valence-corrected chi connectivity index (χ0v) is 14.8.